The van der Waals surface area contributed by atoms with Crippen molar-refractivity contribution in [2.75, 3.05) is 11.9 Å². The molecule has 0 saturated carbocycles. The Bertz CT molecular complexity index is 1160. The molecule has 4 aromatic rings. The van der Waals surface area contributed by atoms with E-state index in [2.05, 4.69) is 43.4 Å². The average molecular weight is 401 g/mol. The Morgan fingerprint density at radius 1 is 1.20 bits per heavy atom. The van der Waals surface area contributed by atoms with Crippen molar-refractivity contribution in [2.45, 2.75) is 32.4 Å². The van der Waals surface area contributed by atoms with Crippen LogP contribution in [-0.2, 0) is 6.54 Å². The number of amides is 1. The summed E-state index contributed by atoms with van der Waals surface area (Å²) in [5, 5.41) is 11.5. The Balaban J connectivity index is 1.29. The fourth-order valence-corrected chi connectivity index (χ4v) is 3.99. The molecule has 1 amide bonds. The Labute approximate surface area is 174 Å². The van der Waals surface area contributed by atoms with E-state index >= 15 is 0 Å². The second kappa shape index (κ2) is 7.72. The molecule has 8 heteroatoms. The number of likely N-dealkylation sites (tertiary alicyclic amines) is 1. The van der Waals surface area contributed by atoms with Gasteiger partial charge in [-0.3, -0.25) is 14.3 Å². The maximum absolute atomic E-state index is 12.6. The van der Waals surface area contributed by atoms with Crippen LogP contribution in [0.4, 0.5) is 5.82 Å². The summed E-state index contributed by atoms with van der Waals surface area (Å²) < 4.78 is 1.78. The summed E-state index contributed by atoms with van der Waals surface area (Å²) >= 11 is 0. The predicted octanol–water partition coefficient (Wildman–Crippen LogP) is 3.38. The molecule has 2 N–H and O–H groups in total. The summed E-state index contributed by atoms with van der Waals surface area (Å²) in [5.74, 6) is 0.327. The first-order chi connectivity index (χ1) is 14.7. The summed E-state index contributed by atoms with van der Waals surface area (Å²) in [4.78, 5) is 23.0. The smallest absolute Gasteiger partial charge is 0.256 e. The minimum Gasteiger partial charge on any atom is -0.357 e. The normalized spacial score (nSPS) is 16.9. The number of carbonyl (C=O) groups is 1. The number of nitrogens with one attached hydrogen (secondary N) is 2. The first kappa shape index (κ1) is 18.5. The van der Waals surface area contributed by atoms with Gasteiger partial charge in [0.1, 0.15) is 18.5 Å². The summed E-state index contributed by atoms with van der Waals surface area (Å²) in [6.45, 7) is 4.34. The van der Waals surface area contributed by atoms with Gasteiger partial charge in [-0.2, -0.15) is 0 Å². The van der Waals surface area contributed by atoms with Crippen molar-refractivity contribution in [1.82, 2.24) is 29.6 Å². The molecule has 152 valence electrons. The molecule has 1 aromatic carbocycles. The number of fused-ring (bicyclic) bond motifs is 1. The second-order valence-corrected chi connectivity index (χ2v) is 7.78. The fraction of sp³-hybridized carbons (Fsp3) is 0.273. The van der Waals surface area contributed by atoms with E-state index in [-0.39, 0.29) is 5.91 Å². The number of carbonyl (C=O) groups excluding carboxylic acids is 1. The molecule has 30 heavy (non-hydrogen) atoms. The highest BCUT2D eigenvalue weighted by Gasteiger charge is 2.20. The summed E-state index contributed by atoms with van der Waals surface area (Å²) in [7, 11) is 0. The van der Waals surface area contributed by atoms with E-state index < -0.39 is 0 Å². The van der Waals surface area contributed by atoms with E-state index in [1.165, 1.54) is 18.5 Å². The van der Waals surface area contributed by atoms with Gasteiger partial charge in [-0.25, -0.2) is 4.98 Å². The van der Waals surface area contributed by atoms with Gasteiger partial charge in [0.05, 0.1) is 5.52 Å². The van der Waals surface area contributed by atoms with Gasteiger partial charge in [0.25, 0.3) is 5.91 Å². The first-order valence-corrected chi connectivity index (χ1v) is 10.1. The standard InChI is InChI=1S/C22H23N7O/c1-15-3-2-8-28(15)12-18-9-17-11-23-21(10-20(17)26-18)27-22(30)16-4-6-19(7-5-16)29-13-24-25-14-29/h4-7,9-11,13-15,26H,2-3,8,12H2,1H3,(H,23,27,30)/t15-/m0/s1. The van der Waals surface area contributed by atoms with Gasteiger partial charge in [0.2, 0.25) is 0 Å². The molecule has 8 nitrogen and oxygen atoms in total. The third kappa shape index (κ3) is 3.69. The van der Waals surface area contributed by atoms with Gasteiger partial charge in [0, 0.05) is 47.2 Å². The molecule has 0 bridgehead atoms. The number of anilines is 1. The summed E-state index contributed by atoms with van der Waals surface area (Å²) in [6, 6.07) is 11.9. The molecule has 3 aromatic heterocycles. The van der Waals surface area contributed by atoms with Gasteiger partial charge in [-0.05, 0) is 56.6 Å². The highest BCUT2D eigenvalue weighted by molar-refractivity contribution is 6.04. The Morgan fingerprint density at radius 3 is 2.73 bits per heavy atom. The van der Waals surface area contributed by atoms with Crippen LogP contribution >= 0.6 is 0 Å². The zero-order valence-corrected chi connectivity index (χ0v) is 16.7. The first-order valence-electron chi connectivity index (χ1n) is 10.1. The average Bonchev–Trinajstić information content (AvgIpc) is 3.50. The van der Waals surface area contributed by atoms with E-state index in [1.54, 1.807) is 35.6 Å². The Morgan fingerprint density at radius 2 is 2.00 bits per heavy atom. The van der Waals surface area contributed by atoms with Gasteiger partial charge in [0.15, 0.2) is 0 Å². The minimum atomic E-state index is -0.199. The molecule has 0 unspecified atom stereocenters. The van der Waals surface area contributed by atoms with Crippen molar-refractivity contribution in [1.29, 1.82) is 0 Å². The van der Waals surface area contributed by atoms with E-state index in [9.17, 15) is 4.79 Å². The van der Waals surface area contributed by atoms with Crippen molar-refractivity contribution < 1.29 is 4.79 Å². The monoisotopic (exact) mass is 401 g/mol. The van der Waals surface area contributed by atoms with Crippen LogP contribution < -0.4 is 5.32 Å². The third-order valence-corrected chi connectivity index (χ3v) is 5.71. The summed E-state index contributed by atoms with van der Waals surface area (Å²) in [6.07, 6.45) is 7.55. The van der Waals surface area contributed by atoms with Crippen LogP contribution in [0.5, 0.6) is 0 Å². The van der Waals surface area contributed by atoms with Crippen LogP contribution in [0.2, 0.25) is 0 Å². The molecule has 0 radical (unpaired) electrons. The van der Waals surface area contributed by atoms with Gasteiger partial charge >= 0.3 is 0 Å². The topological polar surface area (TPSA) is 91.7 Å². The lowest BCUT2D eigenvalue weighted by Gasteiger charge is -2.19. The van der Waals surface area contributed by atoms with Crippen LogP contribution in [0.3, 0.4) is 0 Å². The van der Waals surface area contributed by atoms with E-state index in [1.807, 2.05) is 18.2 Å². The molecule has 1 aliphatic rings. The van der Waals surface area contributed by atoms with Gasteiger partial charge in [-0.1, -0.05) is 0 Å². The number of H-pyrrole nitrogens is 1. The Hall–Kier alpha value is -3.52. The fourth-order valence-electron chi connectivity index (χ4n) is 3.99. The largest absolute Gasteiger partial charge is 0.357 e. The number of pyridine rings is 1. The zero-order chi connectivity index (χ0) is 20.5. The quantitative estimate of drug-likeness (QED) is 0.535. The van der Waals surface area contributed by atoms with Gasteiger partial charge in [-0.15, -0.1) is 10.2 Å². The van der Waals surface area contributed by atoms with Crippen LogP contribution in [0.15, 0.2) is 55.2 Å². The maximum atomic E-state index is 12.6. The number of hydrogen-bond acceptors (Lipinski definition) is 5. The van der Waals surface area contributed by atoms with Crippen molar-refractivity contribution in [3.05, 3.63) is 66.5 Å². The van der Waals surface area contributed by atoms with Crippen LogP contribution in [0, 0.1) is 0 Å². The lowest BCUT2D eigenvalue weighted by Crippen LogP contribution is -2.26. The molecular weight excluding hydrogens is 378 g/mol. The number of rotatable bonds is 5. The molecule has 0 aliphatic carbocycles. The second-order valence-electron chi connectivity index (χ2n) is 7.78. The van der Waals surface area contributed by atoms with E-state index in [0.717, 1.165) is 29.7 Å². The molecular formula is C22H23N7O. The zero-order valence-electron chi connectivity index (χ0n) is 16.7. The van der Waals surface area contributed by atoms with Crippen LogP contribution in [0.1, 0.15) is 35.8 Å². The highest BCUT2D eigenvalue weighted by Crippen LogP contribution is 2.23. The molecule has 0 spiro atoms. The number of aromatic nitrogens is 5. The highest BCUT2D eigenvalue weighted by atomic mass is 16.1. The third-order valence-electron chi connectivity index (χ3n) is 5.71. The summed E-state index contributed by atoms with van der Waals surface area (Å²) in [5.41, 5.74) is 3.60. The van der Waals surface area contributed by atoms with Gasteiger partial charge < -0.3 is 10.3 Å². The number of aromatic amines is 1. The molecule has 1 aliphatic heterocycles. The molecule has 4 heterocycles. The van der Waals surface area contributed by atoms with Crippen molar-refractivity contribution in [3.63, 3.8) is 0 Å². The lowest BCUT2D eigenvalue weighted by molar-refractivity contribution is 0.102. The lowest BCUT2D eigenvalue weighted by atomic mass is 10.2. The van der Waals surface area contributed by atoms with Crippen LogP contribution in [0.25, 0.3) is 16.6 Å². The Kier molecular flexibility index (Phi) is 4.76. The van der Waals surface area contributed by atoms with Crippen molar-refractivity contribution in [3.8, 4) is 5.69 Å². The van der Waals surface area contributed by atoms with Crippen molar-refractivity contribution in [2.24, 2.45) is 0 Å². The van der Waals surface area contributed by atoms with Crippen LogP contribution in [-0.4, -0.2) is 48.1 Å². The van der Waals surface area contributed by atoms with E-state index in [4.69, 9.17) is 0 Å². The number of hydrogen-bond donors (Lipinski definition) is 2. The SMILES string of the molecule is C[C@H]1CCCN1Cc1cc2cnc(NC(=O)c3ccc(-n4cnnc4)cc3)cc2[nH]1. The number of benzene rings is 1. The molecule has 5 rings (SSSR count). The molecule has 1 atom stereocenters. The van der Waals surface area contributed by atoms with E-state index in [0.29, 0.717) is 17.4 Å². The minimum absolute atomic E-state index is 0.199. The molecule has 1 fully saturated rings. The predicted molar refractivity (Wildman–Crippen MR) is 115 cm³/mol. The number of nitrogens with zero attached hydrogens (tertiary/aromatic N) is 5. The molecule has 1 saturated heterocycles. The van der Waals surface area contributed by atoms with Crippen molar-refractivity contribution >= 4 is 22.6 Å². The maximum Gasteiger partial charge on any atom is 0.256 e.